The third kappa shape index (κ3) is 4.93. The molecule has 3 N–H and O–H groups in total. The number of halogens is 1. The number of hydrogen-bond acceptors (Lipinski definition) is 3. The smallest absolute Gasteiger partial charge is 0.254 e. The highest BCUT2D eigenvalue weighted by atomic mass is 32.2. The van der Waals surface area contributed by atoms with Crippen molar-refractivity contribution in [1.82, 2.24) is 5.32 Å². The molecule has 0 aromatic heterocycles. The maximum absolute atomic E-state index is 13.6. The Hall–Kier alpha value is -1.51. The first-order valence-electron chi connectivity index (χ1n) is 5.88. The fourth-order valence-electron chi connectivity index (χ4n) is 1.35. The van der Waals surface area contributed by atoms with Crippen LogP contribution in [0.1, 0.15) is 22.8 Å². The third-order valence-electron chi connectivity index (χ3n) is 2.50. The summed E-state index contributed by atoms with van der Waals surface area (Å²) in [6, 6.07) is 4.21. The summed E-state index contributed by atoms with van der Waals surface area (Å²) in [6.07, 6.45) is 1.96. The lowest BCUT2D eigenvalue weighted by Gasteiger charge is -2.10. The van der Waals surface area contributed by atoms with Gasteiger partial charge in [-0.05, 0) is 24.5 Å². The minimum atomic E-state index is -0.549. The zero-order valence-electron chi connectivity index (χ0n) is 11.0. The maximum atomic E-state index is 13.6. The van der Waals surface area contributed by atoms with Gasteiger partial charge in [0.1, 0.15) is 5.82 Å². The van der Waals surface area contributed by atoms with E-state index in [0.29, 0.717) is 12.1 Å². The molecule has 0 bridgehead atoms. The highest BCUT2D eigenvalue weighted by Crippen LogP contribution is 2.10. The Morgan fingerprint density at radius 2 is 2.32 bits per heavy atom. The van der Waals surface area contributed by atoms with Crippen molar-refractivity contribution >= 4 is 17.7 Å². The number of nitrogens with two attached hydrogens (primary N) is 1. The van der Waals surface area contributed by atoms with Gasteiger partial charge in [0, 0.05) is 17.4 Å². The van der Waals surface area contributed by atoms with Crippen molar-refractivity contribution in [1.29, 1.82) is 0 Å². The first kappa shape index (κ1) is 15.5. The summed E-state index contributed by atoms with van der Waals surface area (Å²) in [5.41, 5.74) is 5.86. The molecular weight excluding hydrogens is 263 g/mol. The predicted octanol–water partition coefficient (Wildman–Crippen LogP) is 1.62. The summed E-state index contributed by atoms with van der Waals surface area (Å²) < 4.78 is 13.6. The molecule has 0 fully saturated rings. The van der Waals surface area contributed by atoms with Crippen LogP contribution in [0.4, 0.5) is 4.39 Å². The molecule has 1 unspecified atom stereocenters. The van der Waals surface area contributed by atoms with Gasteiger partial charge in [0.2, 0.25) is 0 Å². The number of rotatable bonds is 4. The number of carbonyl (C=O) groups is 1. The van der Waals surface area contributed by atoms with E-state index < -0.39 is 11.7 Å². The summed E-state index contributed by atoms with van der Waals surface area (Å²) in [7, 11) is 0. The molecule has 0 spiro atoms. The zero-order chi connectivity index (χ0) is 14.3. The fraction of sp³-hybridized carbons (Fsp3) is 0.357. The van der Waals surface area contributed by atoms with Gasteiger partial charge in [-0.25, -0.2) is 4.39 Å². The van der Waals surface area contributed by atoms with E-state index in [-0.39, 0.29) is 17.4 Å². The van der Waals surface area contributed by atoms with Crippen LogP contribution in [0.25, 0.3) is 0 Å². The second kappa shape index (κ2) is 7.82. The molecule has 1 aromatic rings. The topological polar surface area (TPSA) is 55.1 Å². The molecule has 0 aliphatic carbocycles. The van der Waals surface area contributed by atoms with Gasteiger partial charge in [-0.15, -0.1) is 0 Å². The van der Waals surface area contributed by atoms with Gasteiger partial charge in [0.15, 0.2) is 0 Å². The van der Waals surface area contributed by atoms with Crippen molar-refractivity contribution < 1.29 is 9.18 Å². The second-order valence-electron chi connectivity index (χ2n) is 3.96. The quantitative estimate of drug-likeness (QED) is 0.824. The van der Waals surface area contributed by atoms with E-state index in [2.05, 4.69) is 17.2 Å². The SMILES string of the molecule is CSC(C)CNC(=O)c1cc(C#CCN)ccc1F. The number of amides is 1. The second-order valence-corrected chi connectivity index (χ2v) is 5.23. The Morgan fingerprint density at radius 3 is 2.95 bits per heavy atom. The first-order chi connectivity index (χ1) is 9.08. The molecule has 0 saturated heterocycles. The van der Waals surface area contributed by atoms with Crippen molar-refractivity contribution in [3.05, 3.63) is 35.1 Å². The van der Waals surface area contributed by atoms with Crippen molar-refractivity contribution in [3.63, 3.8) is 0 Å². The van der Waals surface area contributed by atoms with E-state index in [1.54, 1.807) is 11.8 Å². The lowest BCUT2D eigenvalue weighted by molar-refractivity contribution is 0.0950. The molecule has 5 heteroatoms. The van der Waals surface area contributed by atoms with Crippen LogP contribution in [0, 0.1) is 17.7 Å². The first-order valence-corrected chi connectivity index (χ1v) is 7.16. The Morgan fingerprint density at radius 1 is 1.58 bits per heavy atom. The molecule has 1 aromatic carbocycles. The van der Waals surface area contributed by atoms with Gasteiger partial charge >= 0.3 is 0 Å². The molecule has 0 heterocycles. The van der Waals surface area contributed by atoms with Crippen molar-refractivity contribution in [2.75, 3.05) is 19.3 Å². The van der Waals surface area contributed by atoms with Gasteiger partial charge in [-0.3, -0.25) is 4.79 Å². The number of nitrogens with one attached hydrogen (secondary N) is 1. The summed E-state index contributed by atoms with van der Waals surface area (Å²) in [6.45, 7) is 2.72. The van der Waals surface area contributed by atoms with Gasteiger partial charge in [-0.2, -0.15) is 11.8 Å². The molecule has 102 valence electrons. The molecule has 1 rings (SSSR count). The molecule has 0 aliphatic heterocycles. The van der Waals surface area contributed by atoms with Gasteiger partial charge < -0.3 is 11.1 Å². The van der Waals surface area contributed by atoms with E-state index in [9.17, 15) is 9.18 Å². The Kier molecular flexibility index (Phi) is 6.40. The van der Waals surface area contributed by atoms with Crippen LogP contribution in [-0.4, -0.2) is 30.5 Å². The summed E-state index contributed by atoms with van der Waals surface area (Å²) in [5.74, 6) is 4.48. The fourth-order valence-corrected chi connectivity index (χ4v) is 1.60. The lowest BCUT2D eigenvalue weighted by Crippen LogP contribution is -2.30. The molecule has 19 heavy (non-hydrogen) atoms. The van der Waals surface area contributed by atoms with E-state index >= 15 is 0 Å². The van der Waals surface area contributed by atoms with Gasteiger partial charge in [0.25, 0.3) is 5.91 Å². The number of hydrogen-bond donors (Lipinski definition) is 2. The largest absolute Gasteiger partial charge is 0.351 e. The van der Waals surface area contributed by atoms with E-state index in [0.717, 1.165) is 0 Å². The van der Waals surface area contributed by atoms with Gasteiger partial charge in [-0.1, -0.05) is 18.8 Å². The Balaban J connectivity index is 2.83. The molecule has 0 aliphatic rings. The van der Waals surface area contributed by atoms with Crippen molar-refractivity contribution in [2.24, 2.45) is 5.73 Å². The maximum Gasteiger partial charge on any atom is 0.254 e. The van der Waals surface area contributed by atoms with Crippen LogP contribution >= 0.6 is 11.8 Å². The number of benzene rings is 1. The summed E-state index contributed by atoms with van der Waals surface area (Å²) in [4.78, 5) is 11.9. The predicted molar refractivity (Wildman–Crippen MR) is 77.6 cm³/mol. The van der Waals surface area contributed by atoms with E-state index in [1.165, 1.54) is 18.2 Å². The lowest BCUT2D eigenvalue weighted by atomic mass is 10.1. The molecule has 0 saturated carbocycles. The van der Waals surface area contributed by atoms with Crippen molar-refractivity contribution in [2.45, 2.75) is 12.2 Å². The van der Waals surface area contributed by atoms with Crippen LogP contribution < -0.4 is 11.1 Å². The summed E-state index contributed by atoms with van der Waals surface area (Å²) in [5, 5.41) is 2.99. The number of thioether (sulfide) groups is 1. The normalized spacial score (nSPS) is 11.4. The van der Waals surface area contributed by atoms with Crippen molar-refractivity contribution in [3.8, 4) is 11.8 Å². The molecule has 1 atom stereocenters. The molecule has 0 radical (unpaired) electrons. The number of carbonyl (C=O) groups excluding carboxylic acids is 1. The average molecular weight is 280 g/mol. The minimum Gasteiger partial charge on any atom is -0.351 e. The average Bonchev–Trinajstić information content (AvgIpc) is 2.43. The van der Waals surface area contributed by atoms with E-state index in [1.807, 2.05) is 13.2 Å². The van der Waals surface area contributed by atoms with Crippen LogP contribution in [0.3, 0.4) is 0 Å². The summed E-state index contributed by atoms with van der Waals surface area (Å²) >= 11 is 1.64. The van der Waals surface area contributed by atoms with Crippen LogP contribution in [0.5, 0.6) is 0 Å². The highest BCUT2D eigenvalue weighted by Gasteiger charge is 2.12. The molecule has 3 nitrogen and oxygen atoms in total. The minimum absolute atomic E-state index is 0.0112. The highest BCUT2D eigenvalue weighted by molar-refractivity contribution is 7.99. The zero-order valence-corrected chi connectivity index (χ0v) is 11.8. The Labute approximate surface area is 117 Å². The van der Waals surface area contributed by atoms with Crippen LogP contribution in [0.15, 0.2) is 18.2 Å². The van der Waals surface area contributed by atoms with Crippen LogP contribution in [0.2, 0.25) is 0 Å². The van der Waals surface area contributed by atoms with E-state index in [4.69, 9.17) is 5.73 Å². The monoisotopic (exact) mass is 280 g/mol. The third-order valence-corrected chi connectivity index (χ3v) is 3.47. The Bertz CT molecular complexity index is 508. The van der Waals surface area contributed by atoms with Crippen LogP contribution in [-0.2, 0) is 0 Å². The standard InChI is InChI=1S/C14H17FN2OS/c1-10(19-2)9-17-14(18)12-8-11(4-3-7-16)5-6-13(12)15/h5-6,8,10H,7,9,16H2,1-2H3,(H,17,18). The van der Waals surface area contributed by atoms with Gasteiger partial charge in [0.05, 0.1) is 12.1 Å². The molecule has 1 amide bonds. The molecular formula is C14H17FN2OS.